The van der Waals surface area contributed by atoms with E-state index in [1.165, 1.54) is 0 Å². The lowest BCUT2D eigenvalue weighted by Crippen LogP contribution is -2.32. The molecule has 0 unspecified atom stereocenters. The summed E-state index contributed by atoms with van der Waals surface area (Å²) in [6.45, 7) is 8.97. The molecule has 1 amide bonds. The lowest BCUT2D eigenvalue weighted by Gasteiger charge is -2.18. The first kappa shape index (κ1) is 13.4. The third kappa shape index (κ3) is 3.69. The minimum Gasteiger partial charge on any atom is -0.332 e. The largest absolute Gasteiger partial charge is 0.332 e. The van der Waals surface area contributed by atoms with Crippen LogP contribution < -0.4 is 0 Å². The molecule has 1 aromatic heterocycles. The molecule has 0 spiro atoms. The first-order valence-electron chi connectivity index (χ1n) is 6.04. The summed E-state index contributed by atoms with van der Waals surface area (Å²) in [5.41, 5.74) is 0. The number of H-pyrrole nitrogens is 1. The monoisotopic (exact) mass is 236 g/mol. The minimum absolute atomic E-state index is 0.134. The highest BCUT2D eigenvalue weighted by molar-refractivity contribution is 5.90. The van der Waals surface area contributed by atoms with Crippen molar-refractivity contribution in [3.8, 4) is 0 Å². The van der Waals surface area contributed by atoms with Gasteiger partial charge in [-0.1, -0.05) is 19.9 Å². The number of aryl methyl sites for hydroxylation is 1. The molecule has 0 saturated heterocycles. The Kier molecular flexibility index (Phi) is 5.39. The van der Waals surface area contributed by atoms with Crippen LogP contribution in [-0.4, -0.2) is 39.1 Å². The number of nitrogens with one attached hydrogen (secondary N) is 1. The van der Waals surface area contributed by atoms with Crippen molar-refractivity contribution in [1.82, 2.24) is 20.1 Å². The second-order valence-electron chi connectivity index (χ2n) is 3.90. The fraction of sp³-hybridized carbons (Fsp3) is 0.583. The smallest absolute Gasteiger partial charge is 0.293 e. The van der Waals surface area contributed by atoms with Crippen molar-refractivity contribution in [2.45, 2.75) is 33.1 Å². The second-order valence-corrected chi connectivity index (χ2v) is 3.90. The SMILES string of the molecule is C=CCN(CCC)C(=O)c1n[nH]c(CCC)n1. The molecule has 0 aliphatic carbocycles. The summed E-state index contributed by atoms with van der Waals surface area (Å²) in [4.78, 5) is 18.0. The van der Waals surface area contributed by atoms with Gasteiger partial charge in [0.1, 0.15) is 5.82 Å². The van der Waals surface area contributed by atoms with Crippen LogP contribution in [0.2, 0.25) is 0 Å². The Morgan fingerprint density at radius 3 is 2.82 bits per heavy atom. The Bertz CT molecular complexity index is 372. The van der Waals surface area contributed by atoms with Crippen molar-refractivity contribution in [3.05, 3.63) is 24.3 Å². The van der Waals surface area contributed by atoms with Crippen LogP contribution in [0.4, 0.5) is 0 Å². The Morgan fingerprint density at radius 1 is 1.47 bits per heavy atom. The third-order valence-electron chi connectivity index (χ3n) is 2.34. The average molecular weight is 236 g/mol. The summed E-state index contributed by atoms with van der Waals surface area (Å²) < 4.78 is 0. The molecule has 0 bridgehead atoms. The first-order chi connectivity index (χ1) is 8.22. The molecule has 1 rings (SSSR count). The van der Waals surface area contributed by atoms with E-state index in [0.717, 1.165) is 25.1 Å². The van der Waals surface area contributed by atoms with Crippen molar-refractivity contribution in [2.75, 3.05) is 13.1 Å². The minimum atomic E-state index is -0.134. The van der Waals surface area contributed by atoms with E-state index in [9.17, 15) is 4.79 Å². The summed E-state index contributed by atoms with van der Waals surface area (Å²) in [6, 6.07) is 0. The molecule has 0 saturated carbocycles. The zero-order chi connectivity index (χ0) is 12.7. The van der Waals surface area contributed by atoms with Gasteiger partial charge in [-0.25, -0.2) is 4.98 Å². The van der Waals surface area contributed by atoms with Crippen LogP contribution in [0.3, 0.4) is 0 Å². The molecule has 0 atom stereocenters. The number of aromatic amines is 1. The summed E-state index contributed by atoms with van der Waals surface area (Å²) >= 11 is 0. The van der Waals surface area contributed by atoms with Gasteiger partial charge >= 0.3 is 0 Å². The van der Waals surface area contributed by atoms with Gasteiger partial charge < -0.3 is 4.90 Å². The van der Waals surface area contributed by atoms with Crippen LogP contribution in [-0.2, 0) is 6.42 Å². The van der Waals surface area contributed by atoms with Gasteiger partial charge in [-0.3, -0.25) is 9.89 Å². The molecule has 1 N–H and O–H groups in total. The molecule has 5 nitrogen and oxygen atoms in total. The van der Waals surface area contributed by atoms with Crippen LogP contribution in [0, 0.1) is 0 Å². The fourth-order valence-corrected chi connectivity index (χ4v) is 1.58. The van der Waals surface area contributed by atoms with Gasteiger partial charge in [0.05, 0.1) is 0 Å². The van der Waals surface area contributed by atoms with Crippen LogP contribution in [0.25, 0.3) is 0 Å². The molecule has 0 radical (unpaired) electrons. The number of amides is 1. The molecule has 1 heterocycles. The number of hydrogen-bond donors (Lipinski definition) is 1. The van der Waals surface area contributed by atoms with E-state index in [2.05, 4.69) is 28.7 Å². The van der Waals surface area contributed by atoms with E-state index in [-0.39, 0.29) is 11.7 Å². The van der Waals surface area contributed by atoms with E-state index in [0.29, 0.717) is 13.1 Å². The van der Waals surface area contributed by atoms with E-state index in [1.807, 2.05) is 6.92 Å². The van der Waals surface area contributed by atoms with Gasteiger partial charge in [0, 0.05) is 19.5 Å². The highest BCUT2D eigenvalue weighted by atomic mass is 16.2. The third-order valence-corrected chi connectivity index (χ3v) is 2.34. The number of carbonyl (C=O) groups is 1. The molecule has 5 heteroatoms. The highest BCUT2D eigenvalue weighted by Crippen LogP contribution is 2.02. The van der Waals surface area contributed by atoms with E-state index in [4.69, 9.17) is 0 Å². The highest BCUT2D eigenvalue weighted by Gasteiger charge is 2.18. The summed E-state index contributed by atoms with van der Waals surface area (Å²) in [5.74, 6) is 0.889. The fourth-order valence-electron chi connectivity index (χ4n) is 1.58. The van der Waals surface area contributed by atoms with Gasteiger partial charge in [-0.15, -0.1) is 11.7 Å². The molecular formula is C12H20N4O. The van der Waals surface area contributed by atoms with Gasteiger partial charge in [0.25, 0.3) is 5.91 Å². The maximum atomic E-state index is 12.1. The van der Waals surface area contributed by atoms with Crippen molar-refractivity contribution >= 4 is 5.91 Å². The summed E-state index contributed by atoms with van der Waals surface area (Å²) in [7, 11) is 0. The number of aromatic nitrogens is 3. The maximum Gasteiger partial charge on any atom is 0.293 e. The van der Waals surface area contributed by atoms with Gasteiger partial charge in [0.2, 0.25) is 5.82 Å². The van der Waals surface area contributed by atoms with Crippen LogP contribution in [0.1, 0.15) is 43.1 Å². The first-order valence-corrected chi connectivity index (χ1v) is 6.04. The second kappa shape index (κ2) is 6.83. The van der Waals surface area contributed by atoms with E-state index >= 15 is 0 Å². The normalized spacial score (nSPS) is 10.2. The zero-order valence-electron chi connectivity index (χ0n) is 10.6. The van der Waals surface area contributed by atoms with Gasteiger partial charge in [-0.05, 0) is 12.8 Å². The van der Waals surface area contributed by atoms with E-state index in [1.54, 1.807) is 11.0 Å². The number of nitrogens with zero attached hydrogens (tertiary/aromatic N) is 3. The number of rotatable bonds is 7. The predicted molar refractivity (Wildman–Crippen MR) is 66.8 cm³/mol. The molecule has 0 fully saturated rings. The van der Waals surface area contributed by atoms with Crippen molar-refractivity contribution < 1.29 is 4.79 Å². The Labute approximate surface area is 102 Å². The molecule has 1 aromatic rings. The molecule has 94 valence electrons. The van der Waals surface area contributed by atoms with Gasteiger partial charge in [-0.2, -0.15) is 0 Å². The molecular weight excluding hydrogens is 216 g/mol. The molecule has 0 aromatic carbocycles. The zero-order valence-corrected chi connectivity index (χ0v) is 10.6. The predicted octanol–water partition coefficient (Wildman–Crippen LogP) is 1.80. The quantitative estimate of drug-likeness (QED) is 0.734. The van der Waals surface area contributed by atoms with Crippen LogP contribution in [0.15, 0.2) is 12.7 Å². The number of hydrogen-bond acceptors (Lipinski definition) is 3. The Hall–Kier alpha value is -1.65. The molecule has 0 aliphatic rings. The van der Waals surface area contributed by atoms with Crippen molar-refractivity contribution in [2.24, 2.45) is 0 Å². The standard InChI is InChI=1S/C12H20N4O/c1-4-7-10-13-11(15-14-10)12(17)16(8-5-2)9-6-3/h5H,2,4,6-9H2,1,3H3,(H,13,14,15). The Balaban J connectivity index is 2.73. The average Bonchev–Trinajstić information content (AvgIpc) is 2.77. The maximum absolute atomic E-state index is 12.1. The van der Waals surface area contributed by atoms with Crippen LogP contribution >= 0.6 is 0 Å². The lowest BCUT2D eigenvalue weighted by molar-refractivity contribution is 0.0762. The van der Waals surface area contributed by atoms with Crippen LogP contribution in [0.5, 0.6) is 0 Å². The molecule has 0 aliphatic heterocycles. The van der Waals surface area contributed by atoms with Crippen molar-refractivity contribution in [1.29, 1.82) is 0 Å². The summed E-state index contributed by atoms with van der Waals surface area (Å²) in [6.07, 6.45) is 4.42. The number of carbonyl (C=O) groups excluding carboxylic acids is 1. The van der Waals surface area contributed by atoms with E-state index < -0.39 is 0 Å². The van der Waals surface area contributed by atoms with Gasteiger partial charge in [0.15, 0.2) is 0 Å². The topological polar surface area (TPSA) is 61.9 Å². The van der Waals surface area contributed by atoms with Crippen molar-refractivity contribution in [3.63, 3.8) is 0 Å². The summed E-state index contributed by atoms with van der Waals surface area (Å²) in [5, 5.41) is 6.75. The Morgan fingerprint density at radius 2 is 2.24 bits per heavy atom. The molecule has 17 heavy (non-hydrogen) atoms. The lowest BCUT2D eigenvalue weighted by atomic mass is 10.3.